The smallest absolute Gasteiger partial charge is 0.258 e. The number of pyridine rings is 1. The fourth-order valence-corrected chi connectivity index (χ4v) is 4.04. The summed E-state index contributed by atoms with van der Waals surface area (Å²) in [7, 11) is 0. The third-order valence-electron chi connectivity index (χ3n) is 4.15. The minimum absolute atomic E-state index is 0.112. The first kappa shape index (κ1) is 17.5. The molecule has 0 amide bonds. The predicted octanol–water partition coefficient (Wildman–Crippen LogP) is 3.30. The molecule has 128 valence electrons. The molecule has 2 aromatic rings. The molecule has 0 unspecified atom stereocenters. The lowest BCUT2D eigenvalue weighted by Crippen LogP contribution is -2.35. The molecular formula is C16H18ClN3O2S2. The number of rotatable bonds is 2. The summed E-state index contributed by atoms with van der Waals surface area (Å²) >= 11 is 12.9. The lowest BCUT2D eigenvalue weighted by molar-refractivity contribution is 0.287. The van der Waals surface area contributed by atoms with Gasteiger partial charge in [0.25, 0.3) is 5.56 Å². The Balaban J connectivity index is 1.74. The average molecular weight is 384 g/mol. The van der Waals surface area contributed by atoms with E-state index in [1.54, 1.807) is 0 Å². The third kappa shape index (κ3) is 3.84. The lowest BCUT2D eigenvalue weighted by atomic mass is 10.00. The number of thioether (sulfide) groups is 1. The Labute approximate surface area is 154 Å². The van der Waals surface area contributed by atoms with Crippen molar-refractivity contribution in [3.8, 4) is 5.75 Å². The number of aromatic hydroxyl groups is 1. The summed E-state index contributed by atoms with van der Waals surface area (Å²) < 4.78 is 2.08. The number of hydrogen-bond donors (Lipinski definition) is 1. The van der Waals surface area contributed by atoms with E-state index in [4.69, 9.17) is 23.8 Å². The van der Waals surface area contributed by atoms with Gasteiger partial charge in [0, 0.05) is 37.2 Å². The average Bonchev–Trinajstić information content (AvgIpc) is 2.54. The van der Waals surface area contributed by atoms with E-state index in [-0.39, 0.29) is 22.0 Å². The van der Waals surface area contributed by atoms with Crippen molar-refractivity contribution in [3.63, 3.8) is 0 Å². The van der Waals surface area contributed by atoms with Crippen LogP contribution in [-0.2, 0) is 5.75 Å². The van der Waals surface area contributed by atoms with Crippen molar-refractivity contribution in [3.05, 3.63) is 39.4 Å². The Morgan fingerprint density at radius 2 is 2.17 bits per heavy atom. The van der Waals surface area contributed by atoms with E-state index in [0.29, 0.717) is 11.4 Å². The SMILES string of the molecule is CC1CCN(C(=S)SCc2cc(=O)n3cc(Cl)cc(O)c3n2)CC1. The Morgan fingerprint density at radius 1 is 1.46 bits per heavy atom. The number of fused-ring (bicyclic) bond motifs is 1. The van der Waals surface area contributed by atoms with Crippen LogP contribution in [0.4, 0.5) is 0 Å². The van der Waals surface area contributed by atoms with E-state index in [0.717, 1.165) is 36.2 Å². The summed E-state index contributed by atoms with van der Waals surface area (Å²) in [4.78, 5) is 18.8. The normalized spacial score (nSPS) is 15.8. The third-order valence-corrected chi connectivity index (χ3v) is 5.91. The molecule has 8 heteroatoms. The molecule has 1 N–H and O–H groups in total. The molecule has 3 heterocycles. The van der Waals surface area contributed by atoms with E-state index < -0.39 is 0 Å². The van der Waals surface area contributed by atoms with Gasteiger partial charge in [-0.15, -0.1) is 0 Å². The number of hydrogen-bond acceptors (Lipinski definition) is 5. The molecular weight excluding hydrogens is 366 g/mol. The summed E-state index contributed by atoms with van der Waals surface area (Å²) in [6, 6.07) is 2.83. The monoisotopic (exact) mass is 383 g/mol. The molecule has 0 aromatic carbocycles. The fraction of sp³-hybridized carbons (Fsp3) is 0.438. The van der Waals surface area contributed by atoms with Crippen molar-refractivity contribution < 1.29 is 5.11 Å². The highest BCUT2D eigenvalue weighted by Gasteiger charge is 2.18. The standard InChI is InChI=1S/C16H18ClN3O2S2/c1-10-2-4-19(5-3-10)16(23)24-9-12-7-14(22)20-8-11(17)6-13(21)15(20)18-12/h6-8,10,21H,2-5,9H2,1H3. The lowest BCUT2D eigenvalue weighted by Gasteiger charge is -2.31. The highest BCUT2D eigenvalue weighted by Crippen LogP contribution is 2.24. The Bertz CT molecular complexity index is 832. The molecule has 3 rings (SSSR count). The maximum Gasteiger partial charge on any atom is 0.258 e. The van der Waals surface area contributed by atoms with Crippen molar-refractivity contribution in [1.29, 1.82) is 0 Å². The first-order chi connectivity index (χ1) is 11.4. The molecule has 0 saturated carbocycles. The van der Waals surface area contributed by atoms with Crippen molar-refractivity contribution in [2.45, 2.75) is 25.5 Å². The number of halogens is 1. The summed E-state index contributed by atoms with van der Waals surface area (Å²) in [5.41, 5.74) is 0.529. The van der Waals surface area contributed by atoms with Gasteiger partial charge in [0.2, 0.25) is 0 Å². The van der Waals surface area contributed by atoms with Gasteiger partial charge in [0.1, 0.15) is 4.32 Å². The topological polar surface area (TPSA) is 57.8 Å². The molecule has 0 spiro atoms. The number of thiocarbonyl (C=S) groups is 1. The van der Waals surface area contributed by atoms with Gasteiger partial charge in [-0.3, -0.25) is 9.20 Å². The van der Waals surface area contributed by atoms with Crippen LogP contribution in [-0.4, -0.2) is 36.8 Å². The molecule has 1 aliphatic heterocycles. The van der Waals surface area contributed by atoms with E-state index in [9.17, 15) is 9.90 Å². The van der Waals surface area contributed by atoms with Crippen LogP contribution < -0.4 is 5.56 Å². The van der Waals surface area contributed by atoms with Gasteiger partial charge in [0.15, 0.2) is 11.4 Å². The maximum atomic E-state index is 12.2. The maximum absolute atomic E-state index is 12.2. The summed E-state index contributed by atoms with van der Waals surface area (Å²) in [6.07, 6.45) is 3.76. The molecule has 24 heavy (non-hydrogen) atoms. The van der Waals surface area contributed by atoms with Gasteiger partial charge >= 0.3 is 0 Å². The number of aromatic nitrogens is 2. The van der Waals surface area contributed by atoms with Crippen LogP contribution in [0.3, 0.4) is 0 Å². The van der Waals surface area contributed by atoms with Gasteiger partial charge < -0.3 is 10.0 Å². The minimum Gasteiger partial charge on any atom is -0.504 e. The van der Waals surface area contributed by atoms with Crippen molar-refractivity contribution >= 4 is 45.5 Å². The van der Waals surface area contributed by atoms with E-state index >= 15 is 0 Å². The Hall–Kier alpha value is -1.31. The van der Waals surface area contributed by atoms with Crippen LogP contribution in [0.15, 0.2) is 23.1 Å². The first-order valence-electron chi connectivity index (χ1n) is 7.76. The zero-order chi connectivity index (χ0) is 17.3. The van der Waals surface area contributed by atoms with Crippen LogP contribution in [0.5, 0.6) is 5.75 Å². The van der Waals surface area contributed by atoms with Crippen LogP contribution in [0.2, 0.25) is 5.02 Å². The van der Waals surface area contributed by atoms with Crippen LogP contribution in [0.25, 0.3) is 5.65 Å². The predicted molar refractivity (Wildman–Crippen MR) is 102 cm³/mol. The largest absolute Gasteiger partial charge is 0.504 e. The zero-order valence-electron chi connectivity index (χ0n) is 13.2. The quantitative estimate of drug-likeness (QED) is 0.803. The van der Waals surface area contributed by atoms with Crippen molar-refractivity contribution in [2.24, 2.45) is 5.92 Å². The fourth-order valence-electron chi connectivity index (χ4n) is 2.69. The molecule has 1 aliphatic rings. The van der Waals surface area contributed by atoms with Gasteiger partial charge in [-0.1, -0.05) is 42.5 Å². The van der Waals surface area contributed by atoms with E-state index in [1.807, 2.05) is 0 Å². The number of likely N-dealkylation sites (tertiary alicyclic amines) is 1. The zero-order valence-corrected chi connectivity index (χ0v) is 15.6. The molecule has 0 aliphatic carbocycles. The highest BCUT2D eigenvalue weighted by molar-refractivity contribution is 8.22. The molecule has 0 radical (unpaired) electrons. The van der Waals surface area contributed by atoms with E-state index in [2.05, 4.69) is 16.8 Å². The molecule has 0 atom stereocenters. The van der Waals surface area contributed by atoms with Crippen LogP contribution in [0, 0.1) is 5.92 Å². The molecule has 1 saturated heterocycles. The summed E-state index contributed by atoms with van der Waals surface area (Å²) in [6.45, 7) is 4.24. The Morgan fingerprint density at radius 3 is 2.88 bits per heavy atom. The summed E-state index contributed by atoms with van der Waals surface area (Å²) in [5.74, 6) is 1.14. The van der Waals surface area contributed by atoms with Gasteiger partial charge in [-0.05, 0) is 18.8 Å². The second-order valence-corrected chi connectivity index (χ2v) is 8.09. The number of nitrogens with zero attached hydrogens (tertiary/aromatic N) is 3. The minimum atomic E-state index is -0.272. The first-order valence-corrected chi connectivity index (χ1v) is 9.53. The summed E-state index contributed by atoms with van der Waals surface area (Å²) in [5, 5.41) is 10.2. The van der Waals surface area contributed by atoms with Gasteiger partial charge in [-0.2, -0.15) is 0 Å². The van der Waals surface area contributed by atoms with Gasteiger partial charge in [-0.25, -0.2) is 4.98 Å². The van der Waals surface area contributed by atoms with Crippen molar-refractivity contribution in [2.75, 3.05) is 13.1 Å². The molecule has 2 aromatic heterocycles. The molecule has 1 fully saturated rings. The van der Waals surface area contributed by atoms with Crippen LogP contribution in [0.1, 0.15) is 25.5 Å². The van der Waals surface area contributed by atoms with Gasteiger partial charge in [0.05, 0.1) is 10.7 Å². The van der Waals surface area contributed by atoms with Crippen LogP contribution >= 0.6 is 35.6 Å². The Kier molecular flexibility index (Phi) is 5.32. The number of piperidine rings is 1. The molecule has 5 nitrogen and oxygen atoms in total. The van der Waals surface area contributed by atoms with Crippen molar-refractivity contribution in [1.82, 2.24) is 14.3 Å². The second kappa shape index (κ2) is 7.29. The second-order valence-electron chi connectivity index (χ2n) is 6.05. The van der Waals surface area contributed by atoms with E-state index in [1.165, 1.54) is 34.5 Å². The molecule has 0 bridgehead atoms. The highest BCUT2D eigenvalue weighted by atomic mass is 35.5.